The summed E-state index contributed by atoms with van der Waals surface area (Å²) in [7, 11) is 0. The maximum Gasteiger partial charge on any atom is 0.356 e. The molecule has 0 fully saturated rings. The van der Waals surface area contributed by atoms with E-state index < -0.39 is 11.9 Å². The quantitative estimate of drug-likeness (QED) is 0.856. The summed E-state index contributed by atoms with van der Waals surface area (Å²) in [6.45, 7) is 3.09. The van der Waals surface area contributed by atoms with Crippen molar-refractivity contribution in [3.8, 4) is 0 Å². The molecule has 1 atom stereocenters. The second-order valence-corrected chi connectivity index (χ2v) is 5.45. The number of anilines is 1. The topological polar surface area (TPSA) is 92.6 Å². The molecule has 1 unspecified atom stereocenters. The lowest BCUT2D eigenvalue weighted by atomic mass is 9.90. The first-order valence-electron chi connectivity index (χ1n) is 7.65. The van der Waals surface area contributed by atoms with E-state index in [4.69, 9.17) is 9.84 Å². The molecule has 7 nitrogen and oxygen atoms in total. The zero-order valence-corrected chi connectivity index (χ0v) is 13.2. The molecule has 1 N–H and O–H groups in total. The predicted octanol–water partition coefficient (Wildman–Crippen LogP) is 1.84. The zero-order valence-electron chi connectivity index (χ0n) is 13.2. The van der Waals surface area contributed by atoms with E-state index in [1.54, 1.807) is 6.92 Å². The smallest absolute Gasteiger partial charge is 0.356 e. The van der Waals surface area contributed by atoms with Crippen LogP contribution in [0.5, 0.6) is 0 Å². The van der Waals surface area contributed by atoms with Crippen molar-refractivity contribution in [2.75, 3.05) is 18.1 Å². The molecule has 2 heterocycles. The highest BCUT2D eigenvalue weighted by Gasteiger charge is 2.32. The van der Waals surface area contributed by atoms with E-state index in [0.717, 1.165) is 11.1 Å². The third kappa shape index (κ3) is 3.05. The van der Waals surface area contributed by atoms with Gasteiger partial charge in [0.25, 0.3) is 0 Å². The Balaban J connectivity index is 1.91. The number of aromatic carboxylic acids is 1. The van der Waals surface area contributed by atoms with Crippen molar-refractivity contribution in [3.63, 3.8) is 0 Å². The van der Waals surface area contributed by atoms with Crippen LogP contribution in [0.1, 0.15) is 34.5 Å². The molecule has 0 spiro atoms. The lowest BCUT2D eigenvalue weighted by molar-refractivity contribution is -0.144. The summed E-state index contributed by atoms with van der Waals surface area (Å²) in [6.07, 6.45) is 2.64. The van der Waals surface area contributed by atoms with Gasteiger partial charge in [-0.15, -0.1) is 0 Å². The summed E-state index contributed by atoms with van der Waals surface area (Å²) in [5.74, 6) is -1.27. The number of nitrogens with zero attached hydrogens (tertiary/aromatic N) is 3. The van der Waals surface area contributed by atoms with Crippen LogP contribution < -0.4 is 4.90 Å². The van der Waals surface area contributed by atoms with Gasteiger partial charge in [0.2, 0.25) is 0 Å². The monoisotopic (exact) mass is 327 g/mol. The number of rotatable bonds is 4. The predicted molar refractivity (Wildman–Crippen MR) is 85.9 cm³/mol. The van der Waals surface area contributed by atoms with Crippen LogP contribution in [0.15, 0.2) is 36.7 Å². The number of esters is 1. The summed E-state index contributed by atoms with van der Waals surface area (Å²) in [5, 5.41) is 8.91. The maximum atomic E-state index is 12.3. The molecule has 1 aromatic heterocycles. The van der Waals surface area contributed by atoms with Gasteiger partial charge in [-0.1, -0.05) is 24.3 Å². The van der Waals surface area contributed by atoms with E-state index in [-0.39, 0.29) is 11.7 Å². The number of aromatic nitrogens is 2. The van der Waals surface area contributed by atoms with Gasteiger partial charge >= 0.3 is 11.9 Å². The molecule has 0 saturated heterocycles. The van der Waals surface area contributed by atoms with Crippen LogP contribution >= 0.6 is 0 Å². The van der Waals surface area contributed by atoms with Gasteiger partial charge in [-0.3, -0.25) is 4.79 Å². The van der Waals surface area contributed by atoms with Gasteiger partial charge in [0.1, 0.15) is 5.82 Å². The number of hydrogen-bond acceptors (Lipinski definition) is 6. The normalized spacial score (nSPS) is 16.4. The second-order valence-electron chi connectivity index (χ2n) is 5.45. The number of hydrogen-bond donors (Lipinski definition) is 1. The van der Waals surface area contributed by atoms with Crippen molar-refractivity contribution < 1.29 is 19.4 Å². The second kappa shape index (κ2) is 6.66. The first kappa shape index (κ1) is 15.9. The van der Waals surface area contributed by atoms with Crippen molar-refractivity contribution >= 4 is 17.8 Å². The number of fused-ring (bicyclic) bond motifs is 1. The molecule has 2 aromatic rings. The summed E-state index contributed by atoms with van der Waals surface area (Å²) in [4.78, 5) is 33.2. The summed E-state index contributed by atoms with van der Waals surface area (Å²) in [5.41, 5.74) is 1.87. The molecule has 7 heteroatoms. The Morgan fingerprint density at radius 2 is 2.08 bits per heavy atom. The molecule has 124 valence electrons. The minimum Gasteiger partial charge on any atom is -0.476 e. The van der Waals surface area contributed by atoms with Gasteiger partial charge in [-0.25, -0.2) is 14.8 Å². The SMILES string of the molecule is CCOC(=O)C1CN(c2cnc(C(=O)O)cn2)Cc2ccccc21. The number of carboxylic acid groups (broad SMARTS) is 1. The molecule has 24 heavy (non-hydrogen) atoms. The molecule has 1 aromatic carbocycles. The van der Waals surface area contributed by atoms with Crippen molar-refractivity contribution in [1.29, 1.82) is 0 Å². The minimum absolute atomic E-state index is 0.113. The summed E-state index contributed by atoms with van der Waals surface area (Å²) < 4.78 is 5.19. The Hall–Kier alpha value is -2.96. The van der Waals surface area contributed by atoms with Gasteiger partial charge in [0.05, 0.1) is 24.9 Å². The first-order valence-corrected chi connectivity index (χ1v) is 7.65. The molecule has 1 aliphatic rings. The van der Waals surface area contributed by atoms with Crippen LogP contribution in [0, 0.1) is 0 Å². The van der Waals surface area contributed by atoms with E-state index in [1.807, 2.05) is 29.2 Å². The molecule has 0 aliphatic carbocycles. The van der Waals surface area contributed by atoms with Crippen LogP contribution in [0.4, 0.5) is 5.82 Å². The zero-order chi connectivity index (χ0) is 17.1. The van der Waals surface area contributed by atoms with Crippen LogP contribution in [-0.4, -0.2) is 40.2 Å². The lowest BCUT2D eigenvalue weighted by Crippen LogP contribution is -2.38. The molecule has 0 amide bonds. The highest BCUT2D eigenvalue weighted by molar-refractivity contribution is 5.85. The standard InChI is InChI=1S/C17H17N3O4/c1-2-24-17(23)13-10-20(9-11-5-3-4-6-12(11)13)15-8-18-14(7-19-15)16(21)22/h3-8,13H,2,9-10H2,1H3,(H,21,22). The highest BCUT2D eigenvalue weighted by atomic mass is 16.5. The number of carboxylic acids is 1. The van der Waals surface area contributed by atoms with E-state index >= 15 is 0 Å². The van der Waals surface area contributed by atoms with Crippen molar-refractivity contribution in [1.82, 2.24) is 9.97 Å². The largest absolute Gasteiger partial charge is 0.476 e. The Morgan fingerprint density at radius 1 is 1.29 bits per heavy atom. The molecule has 0 radical (unpaired) electrons. The first-order chi connectivity index (χ1) is 11.6. The minimum atomic E-state index is -1.12. The fourth-order valence-corrected chi connectivity index (χ4v) is 2.82. The van der Waals surface area contributed by atoms with Gasteiger partial charge in [-0.2, -0.15) is 0 Å². The average Bonchev–Trinajstić information content (AvgIpc) is 2.61. The lowest BCUT2D eigenvalue weighted by Gasteiger charge is -2.34. The number of carbonyl (C=O) groups excluding carboxylic acids is 1. The molecular formula is C17H17N3O4. The third-order valence-electron chi connectivity index (χ3n) is 3.95. The van der Waals surface area contributed by atoms with Crippen LogP contribution in [0.2, 0.25) is 0 Å². The number of carbonyl (C=O) groups is 2. The molecule has 1 aliphatic heterocycles. The van der Waals surface area contributed by atoms with Crippen molar-refractivity contribution in [2.45, 2.75) is 19.4 Å². The number of ether oxygens (including phenoxy) is 1. The molecular weight excluding hydrogens is 310 g/mol. The van der Waals surface area contributed by atoms with Gasteiger partial charge in [0.15, 0.2) is 5.69 Å². The van der Waals surface area contributed by atoms with E-state index in [0.29, 0.717) is 25.5 Å². The fraction of sp³-hybridized carbons (Fsp3) is 0.294. The fourth-order valence-electron chi connectivity index (χ4n) is 2.82. The third-order valence-corrected chi connectivity index (χ3v) is 3.95. The van der Waals surface area contributed by atoms with Gasteiger partial charge < -0.3 is 14.7 Å². The Bertz CT molecular complexity index is 761. The van der Waals surface area contributed by atoms with Crippen LogP contribution in [-0.2, 0) is 16.1 Å². The Labute approximate surface area is 138 Å². The van der Waals surface area contributed by atoms with Crippen molar-refractivity contribution in [3.05, 3.63) is 53.5 Å². The summed E-state index contributed by atoms with van der Waals surface area (Å²) in [6, 6.07) is 7.73. The van der Waals surface area contributed by atoms with Crippen LogP contribution in [0.25, 0.3) is 0 Å². The molecule has 0 bridgehead atoms. The van der Waals surface area contributed by atoms with Gasteiger partial charge in [-0.05, 0) is 18.1 Å². The summed E-state index contributed by atoms with van der Waals surface area (Å²) >= 11 is 0. The Kier molecular flexibility index (Phi) is 4.41. The number of benzene rings is 1. The maximum absolute atomic E-state index is 12.3. The average molecular weight is 327 g/mol. The van der Waals surface area contributed by atoms with Gasteiger partial charge in [0, 0.05) is 13.1 Å². The van der Waals surface area contributed by atoms with E-state index in [9.17, 15) is 9.59 Å². The molecule has 0 saturated carbocycles. The highest BCUT2D eigenvalue weighted by Crippen LogP contribution is 2.31. The van der Waals surface area contributed by atoms with E-state index in [1.165, 1.54) is 12.4 Å². The Morgan fingerprint density at radius 3 is 2.75 bits per heavy atom. The van der Waals surface area contributed by atoms with E-state index in [2.05, 4.69) is 9.97 Å². The molecule has 3 rings (SSSR count). The van der Waals surface area contributed by atoms with Crippen LogP contribution in [0.3, 0.4) is 0 Å². The van der Waals surface area contributed by atoms with Crippen molar-refractivity contribution in [2.24, 2.45) is 0 Å².